The minimum Gasteiger partial charge on any atom is -0.397 e. The number of carbonyl (C=O) groups excluding carboxylic acids is 1. The molecule has 3 N–H and O–H groups in total. The van der Waals surface area contributed by atoms with Crippen molar-refractivity contribution in [3.63, 3.8) is 0 Å². The van der Waals surface area contributed by atoms with Gasteiger partial charge in [-0.05, 0) is 24.1 Å². The lowest BCUT2D eigenvalue weighted by atomic mass is 10.0. The SMILES string of the molecule is Nc1cc2c(cc1N1CCSCC1)CCC(=O)N2. The molecule has 5 heteroatoms. The number of fused-ring (bicyclic) bond motifs is 1. The summed E-state index contributed by atoms with van der Waals surface area (Å²) in [7, 11) is 0. The zero-order valence-corrected chi connectivity index (χ0v) is 11.1. The Balaban J connectivity index is 1.93. The van der Waals surface area contributed by atoms with Crippen molar-refractivity contribution >= 4 is 34.7 Å². The molecule has 96 valence electrons. The molecule has 1 fully saturated rings. The summed E-state index contributed by atoms with van der Waals surface area (Å²) in [5.74, 6) is 2.41. The number of thioether (sulfide) groups is 1. The molecule has 1 aromatic carbocycles. The van der Waals surface area contributed by atoms with Crippen molar-refractivity contribution in [3.05, 3.63) is 17.7 Å². The fourth-order valence-electron chi connectivity index (χ4n) is 2.51. The predicted molar refractivity (Wildman–Crippen MR) is 77.3 cm³/mol. The van der Waals surface area contributed by atoms with E-state index in [0.717, 1.165) is 48.1 Å². The average molecular weight is 263 g/mol. The van der Waals surface area contributed by atoms with Crippen molar-refractivity contribution < 1.29 is 4.79 Å². The average Bonchev–Trinajstić information content (AvgIpc) is 2.39. The van der Waals surface area contributed by atoms with Gasteiger partial charge in [0.15, 0.2) is 0 Å². The summed E-state index contributed by atoms with van der Waals surface area (Å²) in [6.07, 6.45) is 1.39. The second-order valence-corrected chi connectivity index (χ2v) is 5.94. The zero-order chi connectivity index (χ0) is 12.5. The van der Waals surface area contributed by atoms with Crippen LogP contribution in [0.2, 0.25) is 0 Å². The maximum absolute atomic E-state index is 11.4. The van der Waals surface area contributed by atoms with Crippen LogP contribution in [0.4, 0.5) is 17.1 Å². The molecular weight excluding hydrogens is 246 g/mol. The fourth-order valence-corrected chi connectivity index (χ4v) is 3.41. The molecule has 0 unspecified atom stereocenters. The number of hydrogen-bond acceptors (Lipinski definition) is 4. The Labute approximate surface area is 111 Å². The van der Waals surface area contributed by atoms with Crippen molar-refractivity contribution in [2.24, 2.45) is 0 Å². The molecule has 0 saturated carbocycles. The van der Waals surface area contributed by atoms with Gasteiger partial charge in [-0.1, -0.05) is 0 Å². The molecule has 0 radical (unpaired) electrons. The number of nitrogens with zero attached hydrogens (tertiary/aromatic N) is 1. The Kier molecular flexibility index (Phi) is 3.07. The van der Waals surface area contributed by atoms with E-state index in [1.807, 2.05) is 17.8 Å². The molecule has 1 amide bonds. The first kappa shape index (κ1) is 11.7. The van der Waals surface area contributed by atoms with Gasteiger partial charge in [0.05, 0.1) is 11.4 Å². The number of aryl methyl sites for hydroxylation is 1. The summed E-state index contributed by atoms with van der Waals surface area (Å²) in [6.45, 7) is 2.11. The number of rotatable bonds is 1. The molecule has 0 aromatic heterocycles. The van der Waals surface area contributed by atoms with Gasteiger partial charge >= 0.3 is 0 Å². The van der Waals surface area contributed by atoms with Gasteiger partial charge in [-0.2, -0.15) is 11.8 Å². The number of hydrogen-bond donors (Lipinski definition) is 2. The van der Waals surface area contributed by atoms with Crippen LogP contribution in [0.25, 0.3) is 0 Å². The largest absolute Gasteiger partial charge is 0.397 e. The minimum absolute atomic E-state index is 0.0871. The number of nitrogens with two attached hydrogens (primary N) is 1. The Morgan fingerprint density at radius 2 is 2.00 bits per heavy atom. The summed E-state index contributed by atoms with van der Waals surface area (Å²) in [5.41, 5.74) is 10.1. The number of amides is 1. The second kappa shape index (κ2) is 4.72. The van der Waals surface area contributed by atoms with E-state index in [1.54, 1.807) is 0 Å². The standard InChI is InChI=1S/C13H17N3OS/c14-10-8-11-9(1-2-13(17)15-11)7-12(10)16-3-5-18-6-4-16/h7-8H,1-6,14H2,(H,15,17). The summed E-state index contributed by atoms with van der Waals surface area (Å²) in [6, 6.07) is 4.06. The molecule has 2 aliphatic rings. The number of nitrogens with one attached hydrogen (secondary N) is 1. The molecule has 0 atom stereocenters. The molecule has 0 aliphatic carbocycles. The highest BCUT2D eigenvalue weighted by Crippen LogP contribution is 2.34. The van der Waals surface area contributed by atoms with Crippen molar-refractivity contribution in [3.8, 4) is 0 Å². The molecular formula is C13H17N3OS. The minimum atomic E-state index is 0.0871. The Hall–Kier alpha value is -1.36. The summed E-state index contributed by atoms with van der Waals surface area (Å²) in [5, 5.41) is 2.89. The first-order chi connectivity index (χ1) is 8.74. The first-order valence-corrected chi connectivity index (χ1v) is 7.44. The van der Waals surface area contributed by atoms with E-state index in [0.29, 0.717) is 6.42 Å². The third-order valence-corrected chi connectivity index (χ3v) is 4.44. The highest BCUT2D eigenvalue weighted by Gasteiger charge is 2.20. The van der Waals surface area contributed by atoms with Gasteiger partial charge in [-0.3, -0.25) is 4.79 Å². The van der Waals surface area contributed by atoms with Gasteiger partial charge in [-0.15, -0.1) is 0 Å². The Morgan fingerprint density at radius 1 is 1.22 bits per heavy atom. The van der Waals surface area contributed by atoms with Crippen LogP contribution in [0.3, 0.4) is 0 Å². The lowest BCUT2D eigenvalue weighted by molar-refractivity contribution is -0.116. The summed E-state index contributed by atoms with van der Waals surface area (Å²) in [4.78, 5) is 13.7. The van der Waals surface area contributed by atoms with Gasteiger partial charge in [-0.25, -0.2) is 0 Å². The van der Waals surface area contributed by atoms with Crippen molar-refractivity contribution in [2.75, 3.05) is 40.5 Å². The van der Waals surface area contributed by atoms with Crippen LogP contribution >= 0.6 is 11.8 Å². The maximum Gasteiger partial charge on any atom is 0.224 e. The van der Waals surface area contributed by atoms with E-state index >= 15 is 0 Å². The van der Waals surface area contributed by atoms with Crippen LogP contribution in [0, 0.1) is 0 Å². The van der Waals surface area contributed by atoms with E-state index in [1.165, 1.54) is 5.56 Å². The molecule has 2 heterocycles. The number of benzene rings is 1. The van der Waals surface area contributed by atoms with Crippen LogP contribution in [0.5, 0.6) is 0 Å². The molecule has 1 saturated heterocycles. The maximum atomic E-state index is 11.4. The number of carbonyl (C=O) groups is 1. The molecule has 4 nitrogen and oxygen atoms in total. The van der Waals surface area contributed by atoms with E-state index in [2.05, 4.69) is 16.3 Å². The topological polar surface area (TPSA) is 58.4 Å². The lowest BCUT2D eigenvalue weighted by Gasteiger charge is -2.31. The third kappa shape index (κ3) is 2.14. The predicted octanol–water partition coefficient (Wildman–Crippen LogP) is 1.71. The Bertz CT molecular complexity index is 483. The fraction of sp³-hybridized carbons (Fsp3) is 0.462. The van der Waals surface area contributed by atoms with Gasteiger partial charge in [0.2, 0.25) is 5.91 Å². The van der Waals surface area contributed by atoms with Crippen molar-refractivity contribution in [2.45, 2.75) is 12.8 Å². The van der Waals surface area contributed by atoms with E-state index in [9.17, 15) is 4.79 Å². The highest BCUT2D eigenvalue weighted by atomic mass is 32.2. The lowest BCUT2D eigenvalue weighted by Crippen LogP contribution is -2.33. The first-order valence-electron chi connectivity index (χ1n) is 6.29. The van der Waals surface area contributed by atoms with Crippen molar-refractivity contribution in [1.29, 1.82) is 0 Å². The summed E-state index contributed by atoms with van der Waals surface area (Å²) >= 11 is 1.99. The number of anilines is 3. The molecule has 1 aromatic rings. The van der Waals surface area contributed by atoms with E-state index in [4.69, 9.17) is 5.73 Å². The monoisotopic (exact) mass is 263 g/mol. The van der Waals surface area contributed by atoms with Gasteiger partial charge in [0.25, 0.3) is 0 Å². The molecule has 18 heavy (non-hydrogen) atoms. The smallest absolute Gasteiger partial charge is 0.224 e. The molecule has 2 aliphatic heterocycles. The van der Waals surface area contributed by atoms with E-state index in [-0.39, 0.29) is 5.91 Å². The molecule has 0 bridgehead atoms. The van der Waals surface area contributed by atoms with Gasteiger partial charge < -0.3 is 16.0 Å². The number of nitrogen functional groups attached to an aromatic ring is 1. The van der Waals surface area contributed by atoms with Crippen molar-refractivity contribution in [1.82, 2.24) is 0 Å². The Morgan fingerprint density at radius 3 is 2.78 bits per heavy atom. The molecule has 3 rings (SSSR count). The zero-order valence-electron chi connectivity index (χ0n) is 10.2. The van der Waals surface area contributed by atoms with Crippen LogP contribution in [-0.4, -0.2) is 30.5 Å². The van der Waals surface area contributed by atoms with Crippen LogP contribution in [0.1, 0.15) is 12.0 Å². The molecule has 0 spiro atoms. The third-order valence-electron chi connectivity index (χ3n) is 3.50. The van der Waals surface area contributed by atoms with Crippen LogP contribution in [0.15, 0.2) is 12.1 Å². The summed E-state index contributed by atoms with van der Waals surface area (Å²) < 4.78 is 0. The van der Waals surface area contributed by atoms with Gasteiger partial charge in [0.1, 0.15) is 0 Å². The van der Waals surface area contributed by atoms with Crippen LogP contribution < -0.4 is 16.0 Å². The van der Waals surface area contributed by atoms with E-state index < -0.39 is 0 Å². The van der Waals surface area contributed by atoms with Gasteiger partial charge in [0, 0.05) is 36.7 Å². The van der Waals surface area contributed by atoms with Crippen LogP contribution in [-0.2, 0) is 11.2 Å². The quantitative estimate of drug-likeness (QED) is 0.757. The normalized spacial score (nSPS) is 19.3. The second-order valence-electron chi connectivity index (χ2n) is 4.72. The highest BCUT2D eigenvalue weighted by molar-refractivity contribution is 7.99.